The van der Waals surface area contributed by atoms with Gasteiger partial charge in [-0.25, -0.2) is 9.59 Å². The van der Waals surface area contributed by atoms with Crippen molar-refractivity contribution in [3.8, 4) is 0 Å². The van der Waals surface area contributed by atoms with Gasteiger partial charge in [-0.1, -0.05) is 28.1 Å². The summed E-state index contributed by atoms with van der Waals surface area (Å²) in [6.45, 7) is 1.72. The second-order valence-corrected chi connectivity index (χ2v) is 4.57. The van der Waals surface area contributed by atoms with E-state index in [1.54, 1.807) is 31.2 Å². The third-order valence-corrected chi connectivity index (χ3v) is 2.89. The molecule has 0 fully saturated rings. The molecule has 0 saturated carbocycles. The van der Waals surface area contributed by atoms with Gasteiger partial charge in [0.05, 0.1) is 6.61 Å². The maximum absolute atomic E-state index is 11.7. The lowest BCUT2D eigenvalue weighted by atomic mass is 10.1. The summed E-state index contributed by atoms with van der Waals surface area (Å²) < 4.78 is 10.4. The minimum absolute atomic E-state index is 0.0604. The number of Topliss-reactive ketones (excluding diaryl/α,β-unsaturated/α-hetero) is 1. The van der Waals surface area contributed by atoms with Crippen molar-refractivity contribution >= 4 is 39.4 Å². The molecule has 0 aromatic heterocycles. The van der Waals surface area contributed by atoms with E-state index in [-0.39, 0.29) is 17.9 Å². The smallest absolute Gasteiger partial charge is 0.385 e. The highest BCUT2D eigenvalue weighted by Crippen LogP contribution is 2.29. The topological polar surface area (TPSA) is 69.7 Å². The van der Waals surface area contributed by atoms with E-state index in [0.717, 1.165) is 4.47 Å². The van der Waals surface area contributed by atoms with Crippen molar-refractivity contribution in [2.75, 3.05) is 6.61 Å². The summed E-state index contributed by atoms with van der Waals surface area (Å²) >= 11 is 3.26. The molecule has 0 spiro atoms. The van der Waals surface area contributed by atoms with Crippen LogP contribution in [-0.2, 0) is 23.9 Å². The average Bonchev–Trinajstić information content (AvgIpc) is 2.66. The molecule has 19 heavy (non-hydrogen) atoms. The van der Waals surface area contributed by atoms with Crippen LogP contribution < -0.4 is 0 Å². The van der Waals surface area contributed by atoms with E-state index >= 15 is 0 Å². The van der Waals surface area contributed by atoms with Crippen LogP contribution in [0.4, 0.5) is 0 Å². The number of ether oxygens (including phenoxy) is 2. The molecule has 1 heterocycles. The molecule has 0 radical (unpaired) electrons. The fourth-order valence-corrected chi connectivity index (χ4v) is 2.02. The zero-order valence-electron chi connectivity index (χ0n) is 9.94. The van der Waals surface area contributed by atoms with Gasteiger partial charge in [0.1, 0.15) is 0 Å². The molecule has 0 aliphatic carbocycles. The Bertz CT molecular complexity index is 603. The lowest BCUT2D eigenvalue weighted by Gasteiger charge is -2.04. The summed E-state index contributed by atoms with van der Waals surface area (Å²) in [5.41, 5.74) is 0.0987. The third-order valence-electron chi connectivity index (χ3n) is 2.40. The van der Waals surface area contributed by atoms with Gasteiger partial charge in [-0.3, -0.25) is 4.79 Å². The first-order chi connectivity index (χ1) is 9.04. The molecule has 0 saturated heterocycles. The van der Waals surface area contributed by atoms with Crippen LogP contribution in [-0.4, -0.2) is 24.3 Å². The van der Waals surface area contributed by atoms with Crippen LogP contribution in [0.1, 0.15) is 12.5 Å². The molecular formula is C13H9BrO5. The second kappa shape index (κ2) is 5.36. The Hall–Kier alpha value is -1.95. The van der Waals surface area contributed by atoms with E-state index in [1.807, 2.05) is 0 Å². The molecule has 1 aromatic carbocycles. The Labute approximate surface area is 117 Å². The Kier molecular flexibility index (Phi) is 3.80. The SMILES string of the molecule is CCOC(=O)C1=C(c2cccc(Br)c2)OC(=O)C1=O. The number of ketones is 1. The summed E-state index contributed by atoms with van der Waals surface area (Å²) in [7, 11) is 0. The molecule has 0 N–H and O–H groups in total. The average molecular weight is 325 g/mol. The molecule has 0 atom stereocenters. The van der Waals surface area contributed by atoms with Gasteiger partial charge >= 0.3 is 11.9 Å². The van der Waals surface area contributed by atoms with Crippen LogP contribution in [0.15, 0.2) is 34.3 Å². The second-order valence-electron chi connectivity index (χ2n) is 3.65. The van der Waals surface area contributed by atoms with Crippen LogP contribution in [0, 0.1) is 0 Å². The molecule has 0 unspecified atom stereocenters. The number of benzene rings is 1. The molecule has 6 heteroatoms. The lowest BCUT2D eigenvalue weighted by Crippen LogP contribution is -2.17. The monoisotopic (exact) mass is 324 g/mol. The summed E-state index contributed by atoms with van der Waals surface area (Å²) in [5.74, 6) is -2.96. The summed E-state index contributed by atoms with van der Waals surface area (Å²) in [6, 6.07) is 6.74. The standard InChI is InChI=1S/C13H9BrO5/c1-2-18-12(16)9-10(15)13(17)19-11(9)7-4-3-5-8(14)6-7/h3-6H,2H2,1H3. The first kappa shape index (κ1) is 13.5. The highest BCUT2D eigenvalue weighted by atomic mass is 79.9. The molecule has 5 nitrogen and oxygen atoms in total. The Morgan fingerprint density at radius 3 is 2.74 bits per heavy atom. The first-order valence-corrected chi connectivity index (χ1v) is 6.27. The molecular weight excluding hydrogens is 316 g/mol. The van der Waals surface area contributed by atoms with Gasteiger partial charge in [-0.15, -0.1) is 0 Å². The lowest BCUT2D eigenvalue weighted by molar-refractivity contribution is -0.147. The third kappa shape index (κ3) is 2.58. The minimum Gasteiger partial charge on any atom is -0.462 e. The van der Waals surface area contributed by atoms with E-state index < -0.39 is 17.7 Å². The van der Waals surface area contributed by atoms with Gasteiger partial charge in [-0.2, -0.15) is 0 Å². The van der Waals surface area contributed by atoms with E-state index in [0.29, 0.717) is 5.56 Å². The number of esters is 2. The highest BCUT2D eigenvalue weighted by molar-refractivity contribution is 9.10. The van der Waals surface area contributed by atoms with Crippen molar-refractivity contribution in [3.63, 3.8) is 0 Å². The van der Waals surface area contributed by atoms with E-state index in [2.05, 4.69) is 15.9 Å². The predicted molar refractivity (Wildman–Crippen MR) is 68.8 cm³/mol. The fraction of sp³-hybridized carbons (Fsp3) is 0.154. The van der Waals surface area contributed by atoms with Gasteiger partial charge in [0, 0.05) is 10.0 Å². The van der Waals surface area contributed by atoms with Crippen molar-refractivity contribution in [2.24, 2.45) is 0 Å². The Balaban J connectivity index is 2.52. The maximum atomic E-state index is 11.7. The van der Waals surface area contributed by atoms with Crippen LogP contribution in [0.3, 0.4) is 0 Å². The molecule has 1 aliphatic rings. The summed E-state index contributed by atoms with van der Waals surface area (Å²) in [5, 5.41) is 0. The number of cyclic esters (lactones) is 1. The number of hydrogen-bond donors (Lipinski definition) is 0. The minimum atomic E-state index is -1.07. The van der Waals surface area contributed by atoms with Crippen LogP contribution in [0.2, 0.25) is 0 Å². The fourth-order valence-electron chi connectivity index (χ4n) is 1.62. The van der Waals surface area contributed by atoms with Crippen LogP contribution in [0.5, 0.6) is 0 Å². The zero-order valence-corrected chi connectivity index (χ0v) is 11.5. The van der Waals surface area contributed by atoms with Crippen molar-refractivity contribution in [2.45, 2.75) is 6.92 Å². The zero-order chi connectivity index (χ0) is 14.0. The first-order valence-electron chi connectivity index (χ1n) is 5.48. The van der Waals surface area contributed by atoms with Gasteiger partial charge < -0.3 is 9.47 Å². The normalized spacial score (nSPS) is 14.6. The quantitative estimate of drug-likeness (QED) is 0.482. The van der Waals surface area contributed by atoms with Crippen molar-refractivity contribution in [1.82, 2.24) is 0 Å². The van der Waals surface area contributed by atoms with Crippen molar-refractivity contribution in [1.29, 1.82) is 0 Å². The van der Waals surface area contributed by atoms with Gasteiger partial charge in [0.2, 0.25) is 0 Å². The molecule has 2 rings (SSSR count). The highest BCUT2D eigenvalue weighted by Gasteiger charge is 2.39. The molecule has 0 amide bonds. The van der Waals surface area contributed by atoms with E-state index in [9.17, 15) is 14.4 Å². The van der Waals surface area contributed by atoms with Crippen LogP contribution >= 0.6 is 15.9 Å². The number of halogens is 1. The molecule has 1 aliphatic heterocycles. The van der Waals surface area contributed by atoms with Crippen LogP contribution in [0.25, 0.3) is 5.76 Å². The number of hydrogen-bond acceptors (Lipinski definition) is 5. The van der Waals surface area contributed by atoms with E-state index in [1.165, 1.54) is 0 Å². The number of carbonyl (C=O) groups excluding carboxylic acids is 3. The summed E-state index contributed by atoms with van der Waals surface area (Å²) in [4.78, 5) is 34.7. The Morgan fingerprint density at radius 1 is 1.37 bits per heavy atom. The molecule has 0 bridgehead atoms. The summed E-state index contributed by atoms with van der Waals surface area (Å²) in [6.07, 6.45) is 0. The van der Waals surface area contributed by atoms with Crippen molar-refractivity contribution in [3.05, 3.63) is 39.9 Å². The van der Waals surface area contributed by atoms with Crippen molar-refractivity contribution < 1.29 is 23.9 Å². The maximum Gasteiger partial charge on any atom is 0.385 e. The predicted octanol–water partition coefficient (Wildman–Crippen LogP) is 1.85. The number of rotatable bonds is 3. The number of carbonyl (C=O) groups is 3. The largest absolute Gasteiger partial charge is 0.462 e. The van der Waals surface area contributed by atoms with Gasteiger partial charge in [0.15, 0.2) is 11.3 Å². The molecule has 98 valence electrons. The Morgan fingerprint density at radius 2 is 2.11 bits per heavy atom. The van der Waals surface area contributed by atoms with Gasteiger partial charge in [0.25, 0.3) is 5.78 Å². The van der Waals surface area contributed by atoms with E-state index in [4.69, 9.17) is 9.47 Å². The molecule has 1 aromatic rings. The van der Waals surface area contributed by atoms with Gasteiger partial charge in [-0.05, 0) is 19.1 Å².